The first-order chi connectivity index (χ1) is 4.61. The summed E-state index contributed by atoms with van der Waals surface area (Å²) in [5, 5.41) is 0. The smallest absolute Gasteiger partial charge is 0.145 e. The topological polar surface area (TPSA) is 64.9 Å². The molecule has 6 heteroatoms. The highest BCUT2D eigenvalue weighted by atomic mass is 32.1. The minimum absolute atomic E-state index is 0.309. The van der Waals surface area contributed by atoms with E-state index in [1.165, 1.54) is 11.3 Å². The molecule has 1 atom stereocenters. The Morgan fingerprint density at radius 1 is 1.70 bits per heavy atom. The van der Waals surface area contributed by atoms with E-state index in [0.717, 1.165) is 4.75 Å². The Bertz CT molecular complexity index is 269. The first-order valence-electron chi connectivity index (χ1n) is 2.43. The maximum atomic E-state index is 5.46. The van der Waals surface area contributed by atoms with Gasteiger partial charge in [-0.3, -0.25) is 0 Å². The van der Waals surface area contributed by atoms with E-state index in [0.29, 0.717) is 15.7 Å². The Morgan fingerprint density at radius 2 is 2.30 bits per heavy atom. The predicted octanol–water partition coefficient (Wildman–Crippen LogP) is -0.140. The van der Waals surface area contributed by atoms with E-state index >= 15 is 0 Å². The van der Waals surface area contributed by atoms with Crippen LogP contribution in [-0.2, 0) is 0 Å². The monoisotopic (exact) mass is 191 g/mol. The summed E-state index contributed by atoms with van der Waals surface area (Å²) in [6.07, 6.45) is 0. The summed E-state index contributed by atoms with van der Waals surface area (Å²) in [5.74, 6) is 0.419. The van der Waals surface area contributed by atoms with Gasteiger partial charge in [0.25, 0.3) is 0 Å². The van der Waals surface area contributed by atoms with Gasteiger partial charge in [0.05, 0.1) is 0 Å². The standard InChI is InChI=1S/C4H6N3PS2/c5-2-1(3(6)9)10-4(8)7-2/h5,8H2,(H2,6,9). The Hall–Kier alpha value is -0.250. The highest BCUT2D eigenvalue weighted by Gasteiger charge is 2.06. The van der Waals surface area contributed by atoms with Crippen LogP contribution in [0.2, 0.25) is 0 Å². The van der Waals surface area contributed by atoms with Crippen LogP contribution in [0, 0.1) is 0 Å². The van der Waals surface area contributed by atoms with Crippen LogP contribution in [-0.4, -0.2) is 9.97 Å². The van der Waals surface area contributed by atoms with E-state index in [-0.39, 0.29) is 0 Å². The van der Waals surface area contributed by atoms with Crippen LogP contribution >= 0.6 is 32.8 Å². The lowest BCUT2D eigenvalue weighted by atomic mass is 10.5. The summed E-state index contributed by atoms with van der Waals surface area (Å²) in [6, 6.07) is 0. The Kier molecular flexibility index (Phi) is 2.18. The second-order valence-electron chi connectivity index (χ2n) is 1.63. The van der Waals surface area contributed by atoms with Gasteiger partial charge in [-0.05, 0) is 0 Å². The van der Waals surface area contributed by atoms with Gasteiger partial charge < -0.3 is 11.5 Å². The van der Waals surface area contributed by atoms with Gasteiger partial charge in [0.1, 0.15) is 20.4 Å². The third kappa shape index (κ3) is 1.42. The van der Waals surface area contributed by atoms with Gasteiger partial charge in [-0.2, -0.15) is 0 Å². The number of nitrogens with zero attached hydrogens (tertiary/aromatic N) is 1. The number of nitrogen functional groups attached to an aromatic ring is 1. The van der Waals surface area contributed by atoms with E-state index < -0.39 is 0 Å². The molecule has 0 saturated heterocycles. The lowest BCUT2D eigenvalue weighted by Crippen LogP contribution is -2.09. The summed E-state index contributed by atoms with van der Waals surface area (Å²) >= 11 is 6.10. The third-order valence-electron chi connectivity index (χ3n) is 0.894. The summed E-state index contributed by atoms with van der Waals surface area (Å²) in [7, 11) is 2.44. The fourth-order valence-corrected chi connectivity index (χ4v) is 1.85. The fourth-order valence-electron chi connectivity index (χ4n) is 0.526. The molecule has 0 aliphatic heterocycles. The molecule has 1 unspecified atom stereocenters. The van der Waals surface area contributed by atoms with Crippen molar-refractivity contribution in [1.29, 1.82) is 0 Å². The molecule has 0 aliphatic carbocycles. The van der Waals surface area contributed by atoms with Gasteiger partial charge in [-0.1, -0.05) is 21.5 Å². The molecule has 1 rings (SSSR count). The SMILES string of the molecule is NC(=S)c1sc(P)nc1N. The number of hydrogen-bond acceptors (Lipinski definition) is 4. The van der Waals surface area contributed by atoms with Crippen LogP contribution in [0.5, 0.6) is 0 Å². The summed E-state index contributed by atoms with van der Waals surface area (Å²) in [4.78, 5) is 4.93. The average molecular weight is 191 g/mol. The Morgan fingerprint density at radius 3 is 2.50 bits per heavy atom. The van der Waals surface area contributed by atoms with Crippen molar-refractivity contribution in [2.45, 2.75) is 0 Å². The van der Waals surface area contributed by atoms with Crippen LogP contribution in [0.1, 0.15) is 4.88 Å². The second kappa shape index (κ2) is 2.78. The zero-order chi connectivity index (χ0) is 7.72. The molecule has 1 aromatic rings. The van der Waals surface area contributed by atoms with Crippen LogP contribution in [0.3, 0.4) is 0 Å². The summed E-state index contributed by atoms with van der Waals surface area (Å²) < 4.78 is 0.806. The van der Waals surface area contributed by atoms with Gasteiger partial charge in [-0.15, -0.1) is 11.3 Å². The minimum Gasteiger partial charge on any atom is -0.389 e. The Labute approximate surface area is 70.0 Å². The van der Waals surface area contributed by atoms with E-state index in [9.17, 15) is 0 Å². The number of rotatable bonds is 1. The highest BCUT2D eigenvalue weighted by molar-refractivity contribution is 7.81. The van der Waals surface area contributed by atoms with E-state index in [1.807, 2.05) is 0 Å². The van der Waals surface area contributed by atoms with Crippen molar-refractivity contribution < 1.29 is 0 Å². The molecule has 0 amide bonds. The van der Waals surface area contributed by atoms with E-state index in [2.05, 4.69) is 14.2 Å². The molecule has 0 spiro atoms. The molecule has 4 N–H and O–H groups in total. The Balaban J connectivity index is 3.15. The second-order valence-corrected chi connectivity index (χ2v) is 4.07. The van der Waals surface area contributed by atoms with Gasteiger partial charge in [0.15, 0.2) is 0 Å². The predicted molar refractivity (Wildman–Crippen MR) is 51.8 cm³/mol. The van der Waals surface area contributed by atoms with Crippen molar-refractivity contribution in [3.05, 3.63) is 4.88 Å². The molecule has 3 nitrogen and oxygen atoms in total. The molecule has 10 heavy (non-hydrogen) atoms. The zero-order valence-corrected chi connectivity index (χ0v) is 7.78. The zero-order valence-electron chi connectivity index (χ0n) is 5.00. The first-order valence-corrected chi connectivity index (χ1v) is 4.23. The first kappa shape index (κ1) is 7.85. The van der Waals surface area contributed by atoms with Crippen molar-refractivity contribution >= 4 is 48.3 Å². The van der Waals surface area contributed by atoms with Crippen LogP contribution in [0.15, 0.2) is 0 Å². The van der Waals surface area contributed by atoms with Crippen LogP contribution in [0.4, 0.5) is 5.82 Å². The molecule has 1 aromatic heterocycles. The third-order valence-corrected chi connectivity index (χ3v) is 2.64. The van der Waals surface area contributed by atoms with Crippen molar-refractivity contribution in [3.63, 3.8) is 0 Å². The lowest BCUT2D eigenvalue weighted by molar-refractivity contribution is 1.46. The molecular formula is C4H6N3PS2. The highest BCUT2D eigenvalue weighted by Crippen LogP contribution is 2.14. The van der Waals surface area contributed by atoms with Gasteiger partial charge >= 0.3 is 0 Å². The largest absolute Gasteiger partial charge is 0.389 e. The molecule has 0 saturated carbocycles. The molecule has 0 bridgehead atoms. The molecule has 0 aliphatic rings. The molecule has 1 heterocycles. The fraction of sp³-hybridized carbons (Fsp3) is 0. The summed E-state index contributed by atoms with van der Waals surface area (Å²) in [5.41, 5.74) is 10.8. The quantitative estimate of drug-likeness (QED) is 0.479. The van der Waals surface area contributed by atoms with Crippen molar-refractivity contribution in [2.24, 2.45) is 5.73 Å². The molecule has 0 aromatic carbocycles. The molecule has 0 fully saturated rings. The van der Waals surface area contributed by atoms with Gasteiger partial charge in [0, 0.05) is 0 Å². The maximum absolute atomic E-state index is 5.46. The minimum atomic E-state index is 0.309. The van der Waals surface area contributed by atoms with Crippen LogP contribution < -0.4 is 16.2 Å². The van der Waals surface area contributed by atoms with Gasteiger partial charge in [-0.25, -0.2) is 4.98 Å². The van der Waals surface area contributed by atoms with Crippen LogP contribution in [0.25, 0.3) is 0 Å². The number of aromatic nitrogens is 1. The van der Waals surface area contributed by atoms with Gasteiger partial charge in [0.2, 0.25) is 0 Å². The number of anilines is 1. The molecule has 54 valence electrons. The van der Waals surface area contributed by atoms with Crippen molar-refractivity contribution in [2.75, 3.05) is 5.73 Å². The van der Waals surface area contributed by atoms with E-state index in [4.69, 9.17) is 23.7 Å². The number of hydrogen-bond donors (Lipinski definition) is 2. The van der Waals surface area contributed by atoms with Crippen molar-refractivity contribution in [1.82, 2.24) is 4.98 Å². The normalized spacial score (nSPS) is 9.70. The number of thiocarbonyl (C=S) groups is 1. The number of nitrogens with two attached hydrogens (primary N) is 2. The molecule has 0 radical (unpaired) electrons. The maximum Gasteiger partial charge on any atom is 0.145 e. The number of thiazole rings is 1. The summed E-state index contributed by atoms with van der Waals surface area (Å²) in [6.45, 7) is 0. The van der Waals surface area contributed by atoms with E-state index in [1.54, 1.807) is 0 Å². The average Bonchev–Trinajstić information content (AvgIpc) is 2.10. The molecular weight excluding hydrogens is 185 g/mol. The van der Waals surface area contributed by atoms with Crippen molar-refractivity contribution in [3.8, 4) is 0 Å². The lowest BCUT2D eigenvalue weighted by Gasteiger charge is -1.89.